The van der Waals surface area contributed by atoms with Crippen LogP contribution in [0.4, 0.5) is 0 Å². The SMILES string of the molecule is O=C(c1ccncc1)N1CC(=O)N(C2CCCCC2)C[C@@H](OCc2ccccc2)C1. The van der Waals surface area contributed by atoms with E-state index in [4.69, 9.17) is 4.74 Å². The molecule has 0 unspecified atom stereocenters. The fraction of sp³-hybridized carbons (Fsp3) is 0.458. The Hall–Kier alpha value is -2.73. The Morgan fingerprint density at radius 3 is 2.47 bits per heavy atom. The standard InChI is InChI=1S/C24H29N3O3/c28-23-17-26(24(29)20-11-13-25-14-12-20)15-22(30-18-19-7-3-1-4-8-19)16-27(23)21-9-5-2-6-10-21/h1,3-4,7-8,11-14,21-22H,2,5-6,9-10,15-18H2/t22-/m0/s1. The Morgan fingerprint density at radius 2 is 1.73 bits per heavy atom. The second-order valence-corrected chi connectivity index (χ2v) is 8.18. The van der Waals surface area contributed by atoms with Gasteiger partial charge in [-0.25, -0.2) is 0 Å². The molecule has 0 bridgehead atoms. The molecule has 2 aromatic rings. The first-order valence-corrected chi connectivity index (χ1v) is 10.8. The summed E-state index contributed by atoms with van der Waals surface area (Å²) in [6.45, 7) is 1.51. The van der Waals surface area contributed by atoms with E-state index in [1.54, 1.807) is 29.4 Å². The van der Waals surface area contributed by atoms with Gasteiger partial charge in [-0.1, -0.05) is 49.6 Å². The molecule has 1 aromatic carbocycles. The van der Waals surface area contributed by atoms with Gasteiger partial charge in [-0.05, 0) is 30.5 Å². The van der Waals surface area contributed by atoms with E-state index in [0.717, 1.165) is 31.2 Å². The number of carbonyl (C=O) groups excluding carboxylic acids is 2. The van der Waals surface area contributed by atoms with E-state index in [1.165, 1.54) is 6.42 Å². The lowest BCUT2D eigenvalue weighted by molar-refractivity contribution is -0.134. The molecule has 0 N–H and O–H groups in total. The predicted molar refractivity (Wildman–Crippen MR) is 114 cm³/mol. The van der Waals surface area contributed by atoms with Crippen molar-refractivity contribution < 1.29 is 14.3 Å². The smallest absolute Gasteiger partial charge is 0.254 e. The molecule has 6 nitrogen and oxygen atoms in total. The Kier molecular flexibility index (Phi) is 6.74. The van der Waals surface area contributed by atoms with Crippen LogP contribution in [0.25, 0.3) is 0 Å². The number of hydrogen-bond acceptors (Lipinski definition) is 4. The van der Waals surface area contributed by atoms with Crippen LogP contribution in [-0.2, 0) is 16.1 Å². The first-order chi connectivity index (χ1) is 14.7. The highest BCUT2D eigenvalue weighted by Gasteiger charge is 2.35. The summed E-state index contributed by atoms with van der Waals surface area (Å²) in [6, 6.07) is 13.7. The molecule has 2 aliphatic rings. The van der Waals surface area contributed by atoms with Crippen LogP contribution >= 0.6 is 0 Å². The Bertz CT molecular complexity index is 837. The summed E-state index contributed by atoms with van der Waals surface area (Å²) in [5.41, 5.74) is 1.63. The van der Waals surface area contributed by atoms with Crippen LogP contribution in [0.5, 0.6) is 0 Å². The molecular formula is C24H29N3O3. The molecule has 2 fully saturated rings. The van der Waals surface area contributed by atoms with Crippen LogP contribution in [0.15, 0.2) is 54.9 Å². The van der Waals surface area contributed by atoms with Gasteiger partial charge in [0.2, 0.25) is 5.91 Å². The summed E-state index contributed by atoms with van der Waals surface area (Å²) >= 11 is 0. The number of ether oxygens (including phenoxy) is 1. The molecule has 158 valence electrons. The average Bonchev–Trinajstić information content (AvgIpc) is 2.98. The minimum atomic E-state index is -0.218. The highest BCUT2D eigenvalue weighted by atomic mass is 16.5. The number of rotatable bonds is 5. The molecule has 1 aliphatic heterocycles. The topological polar surface area (TPSA) is 62.7 Å². The third-order valence-corrected chi connectivity index (χ3v) is 6.03. The zero-order valence-electron chi connectivity index (χ0n) is 17.3. The second kappa shape index (κ2) is 9.85. The summed E-state index contributed by atoms with van der Waals surface area (Å²) in [4.78, 5) is 33.8. The lowest BCUT2D eigenvalue weighted by Crippen LogP contribution is -2.46. The van der Waals surface area contributed by atoms with Crippen molar-refractivity contribution in [2.75, 3.05) is 19.6 Å². The number of aromatic nitrogens is 1. The van der Waals surface area contributed by atoms with E-state index < -0.39 is 0 Å². The fourth-order valence-electron chi connectivity index (χ4n) is 4.41. The Morgan fingerprint density at radius 1 is 1.00 bits per heavy atom. The molecule has 0 radical (unpaired) electrons. The molecule has 0 spiro atoms. The second-order valence-electron chi connectivity index (χ2n) is 8.18. The summed E-state index contributed by atoms with van der Waals surface area (Å²) in [5.74, 6) is -0.125. The van der Waals surface area contributed by atoms with Crippen molar-refractivity contribution >= 4 is 11.8 Å². The van der Waals surface area contributed by atoms with Crippen molar-refractivity contribution in [1.82, 2.24) is 14.8 Å². The van der Waals surface area contributed by atoms with Crippen LogP contribution < -0.4 is 0 Å². The molecule has 2 amide bonds. The quantitative estimate of drug-likeness (QED) is 0.763. The number of hydrogen-bond donors (Lipinski definition) is 0. The van der Waals surface area contributed by atoms with Gasteiger partial charge in [-0.3, -0.25) is 14.6 Å². The van der Waals surface area contributed by atoms with Crippen molar-refractivity contribution in [3.63, 3.8) is 0 Å². The molecular weight excluding hydrogens is 378 g/mol. The van der Waals surface area contributed by atoms with Gasteiger partial charge < -0.3 is 14.5 Å². The van der Waals surface area contributed by atoms with Crippen LogP contribution in [0.1, 0.15) is 48.0 Å². The number of pyridine rings is 1. The molecule has 1 aliphatic carbocycles. The molecule has 30 heavy (non-hydrogen) atoms. The van der Waals surface area contributed by atoms with Crippen LogP contribution in [-0.4, -0.2) is 58.4 Å². The van der Waals surface area contributed by atoms with E-state index in [2.05, 4.69) is 4.98 Å². The van der Waals surface area contributed by atoms with Gasteiger partial charge in [0.05, 0.1) is 12.7 Å². The van der Waals surface area contributed by atoms with Gasteiger partial charge >= 0.3 is 0 Å². The molecule has 1 saturated heterocycles. The van der Waals surface area contributed by atoms with Gasteiger partial charge in [0.15, 0.2) is 0 Å². The maximum Gasteiger partial charge on any atom is 0.254 e. The zero-order chi connectivity index (χ0) is 20.8. The maximum absolute atomic E-state index is 13.1. The van der Waals surface area contributed by atoms with E-state index in [9.17, 15) is 9.59 Å². The van der Waals surface area contributed by atoms with Gasteiger partial charge in [-0.2, -0.15) is 0 Å². The predicted octanol–water partition coefficient (Wildman–Crippen LogP) is 3.28. The van der Waals surface area contributed by atoms with Gasteiger partial charge in [-0.15, -0.1) is 0 Å². The number of nitrogens with zero attached hydrogens (tertiary/aromatic N) is 3. The first kappa shape index (κ1) is 20.5. The molecule has 2 heterocycles. The van der Waals surface area contributed by atoms with Crippen molar-refractivity contribution in [1.29, 1.82) is 0 Å². The van der Waals surface area contributed by atoms with Crippen molar-refractivity contribution in [3.05, 3.63) is 66.0 Å². The van der Waals surface area contributed by atoms with E-state index in [-0.39, 0.29) is 30.5 Å². The molecule has 6 heteroatoms. The zero-order valence-corrected chi connectivity index (χ0v) is 17.3. The number of amides is 2. The molecule has 1 atom stereocenters. The molecule has 1 saturated carbocycles. The van der Waals surface area contributed by atoms with E-state index >= 15 is 0 Å². The normalized spacial score (nSPS) is 20.8. The largest absolute Gasteiger partial charge is 0.370 e. The summed E-state index contributed by atoms with van der Waals surface area (Å²) in [5, 5.41) is 0. The van der Waals surface area contributed by atoms with Crippen LogP contribution in [0.3, 0.4) is 0 Å². The van der Waals surface area contributed by atoms with Crippen molar-refractivity contribution in [3.8, 4) is 0 Å². The molecule has 4 rings (SSSR count). The van der Waals surface area contributed by atoms with Crippen LogP contribution in [0.2, 0.25) is 0 Å². The van der Waals surface area contributed by atoms with E-state index in [1.807, 2.05) is 35.2 Å². The third kappa shape index (κ3) is 5.05. The monoisotopic (exact) mass is 407 g/mol. The summed E-state index contributed by atoms with van der Waals surface area (Å²) in [7, 11) is 0. The summed E-state index contributed by atoms with van der Waals surface area (Å²) < 4.78 is 6.23. The highest BCUT2D eigenvalue weighted by molar-refractivity contribution is 5.96. The number of carbonyl (C=O) groups is 2. The lowest BCUT2D eigenvalue weighted by Gasteiger charge is -2.34. The maximum atomic E-state index is 13.1. The minimum Gasteiger partial charge on any atom is -0.370 e. The highest BCUT2D eigenvalue weighted by Crippen LogP contribution is 2.25. The van der Waals surface area contributed by atoms with Crippen molar-refractivity contribution in [2.45, 2.75) is 50.9 Å². The van der Waals surface area contributed by atoms with Gasteiger partial charge in [0.25, 0.3) is 5.91 Å². The Labute approximate surface area is 177 Å². The molecule has 1 aromatic heterocycles. The lowest BCUT2D eigenvalue weighted by atomic mass is 9.94. The number of benzene rings is 1. The summed E-state index contributed by atoms with van der Waals surface area (Å²) in [6.07, 6.45) is 8.61. The average molecular weight is 408 g/mol. The van der Waals surface area contributed by atoms with Crippen LogP contribution in [0, 0.1) is 0 Å². The van der Waals surface area contributed by atoms with Crippen molar-refractivity contribution in [2.24, 2.45) is 0 Å². The fourth-order valence-corrected chi connectivity index (χ4v) is 4.41. The third-order valence-electron chi connectivity index (χ3n) is 6.03. The van der Waals surface area contributed by atoms with Gasteiger partial charge in [0.1, 0.15) is 6.54 Å². The van der Waals surface area contributed by atoms with E-state index in [0.29, 0.717) is 25.3 Å². The van der Waals surface area contributed by atoms with Gasteiger partial charge in [0, 0.05) is 37.1 Å². The Balaban J connectivity index is 1.52. The first-order valence-electron chi connectivity index (χ1n) is 10.8. The minimum absolute atomic E-state index is 0.0233.